The summed E-state index contributed by atoms with van der Waals surface area (Å²) in [5.41, 5.74) is 1.09. The van der Waals surface area contributed by atoms with E-state index in [2.05, 4.69) is 15.2 Å². The van der Waals surface area contributed by atoms with Crippen LogP contribution in [0, 0.1) is 10.1 Å². The van der Waals surface area contributed by atoms with E-state index < -0.39 is 0 Å². The minimum atomic E-state index is -0.386. The molecule has 0 radical (unpaired) electrons. The van der Waals surface area contributed by atoms with Gasteiger partial charge in [0.05, 0.1) is 23.7 Å². The highest BCUT2D eigenvalue weighted by molar-refractivity contribution is 5.80. The molecule has 0 bridgehead atoms. The van der Waals surface area contributed by atoms with Crippen LogP contribution in [0.4, 0.5) is 5.69 Å². The largest absolute Gasteiger partial charge is 0.376 e. The average Bonchev–Trinajstić information content (AvgIpc) is 2.74. The number of nitro benzene ring substituents is 1. The Morgan fingerprint density at radius 3 is 2.64 bits per heavy atom. The van der Waals surface area contributed by atoms with Gasteiger partial charge >= 0.3 is 0 Å². The van der Waals surface area contributed by atoms with Crippen molar-refractivity contribution in [1.82, 2.24) is 10.2 Å². The number of aliphatic imine (C=N–C) groups is 1. The van der Waals surface area contributed by atoms with Gasteiger partial charge in [0.2, 0.25) is 0 Å². The van der Waals surface area contributed by atoms with Crippen LogP contribution in [0.3, 0.4) is 0 Å². The molecule has 8 nitrogen and oxygen atoms in total. The number of hydrogen-bond donors (Lipinski definition) is 1. The number of nitrogens with zero attached hydrogens (tertiary/aromatic N) is 3. The molecule has 28 heavy (non-hydrogen) atoms. The molecular weight excluding hydrogens is 360 g/mol. The molecule has 1 aromatic rings. The summed E-state index contributed by atoms with van der Waals surface area (Å²) >= 11 is 0. The lowest BCUT2D eigenvalue weighted by Gasteiger charge is -2.35. The number of guanidine groups is 1. The summed E-state index contributed by atoms with van der Waals surface area (Å²) in [4.78, 5) is 17.0. The fourth-order valence-electron chi connectivity index (χ4n) is 3.67. The van der Waals surface area contributed by atoms with Gasteiger partial charge in [0.1, 0.15) is 0 Å². The monoisotopic (exact) mass is 390 g/mol. The molecular formula is C20H30N4O4. The van der Waals surface area contributed by atoms with Crippen molar-refractivity contribution >= 4 is 11.6 Å². The van der Waals surface area contributed by atoms with E-state index >= 15 is 0 Å². The van der Waals surface area contributed by atoms with Gasteiger partial charge in [-0.1, -0.05) is 12.1 Å². The molecule has 1 N–H and O–H groups in total. The maximum absolute atomic E-state index is 10.7. The molecule has 2 heterocycles. The Morgan fingerprint density at radius 2 is 2.04 bits per heavy atom. The molecule has 8 heteroatoms. The van der Waals surface area contributed by atoms with Crippen molar-refractivity contribution in [3.8, 4) is 0 Å². The van der Waals surface area contributed by atoms with Gasteiger partial charge in [0.15, 0.2) is 5.96 Å². The van der Waals surface area contributed by atoms with Crippen molar-refractivity contribution < 1.29 is 14.4 Å². The number of non-ortho nitro benzene ring substituents is 1. The van der Waals surface area contributed by atoms with E-state index in [-0.39, 0.29) is 22.8 Å². The Balaban J connectivity index is 1.40. The van der Waals surface area contributed by atoms with Gasteiger partial charge < -0.3 is 19.7 Å². The maximum atomic E-state index is 10.7. The minimum Gasteiger partial charge on any atom is -0.376 e. The zero-order valence-corrected chi connectivity index (χ0v) is 16.5. The first-order valence-corrected chi connectivity index (χ1v) is 10.1. The summed E-state index contributed by atoms with van der Waals surface area (Å²) in [6.07, 6.45) is 6.02. The zero-order valence-electron chi connectivity index (χ0n) is 16.5. The molecule has 2 saturated heterocycles. The predicted octanol–water partition coefficient (Wildman–Crippen LogP) is 2.72. The predicted molar refractivity (Wildman–Crippen MR) is 107 cm³/mol. The highest BCUT2D eigenvalue weighted by atomic mass is 16.6. The lowest BCUT2D eigenvalue weighted by Crippen LogP contribution is -2.47. The third-order valence-electron chi connectivity index (χ3n) is 5.34. The smallest absolute Gasteiger partial charge is 0.269 e. The Kier molecular flexibility index (Phi) is 7.62. The van der Waals surface area contributed by atoms with Crippen LogP contribution in [0.2, 0.25) is 0 Å². The lowest BCUT2D eigenvalue weighted by molar-refractivity contribution is -0.384. The van der Waals surface area contributed by atoms with Crippen LogP contribution in [-0.4, -0.2) is 61.3 Å². The normalized spacial score (nSPS) is 21.5. The van der Waals surface area contributed by atoms with Crippen molar-refractivity contribution in [3.05, 3.63) is 39.9 Å². The van der Waals surface area contributed by atoms with Crippen molar-refractivity contribution in [3.63, 3.8) is 0 Å². The second kappa shape index (κ2) is 10.4. The van der Waals surface area contributed by atoms with E-state index in [0.29, 0.717) is 13.2 Å². The Hall–Kier alpha value is -2.19. The minimum absolute atomic E-state index is 0.105. The Labute approximate surface area is 166 Å². The van der Waals surface area contributed by atoms with E-state index in [9.17, 15) is 10.1 Å². The fourth-order valence-corrected chi connectivity index (χ4v) is 3.67. The molecule has 0 amide bonds. The number of benzene rings is 1. The molecule has 1 aromatic carbocycles. The summed E-state index contributed by atoms with van der Waals surface area (Å²) in [6.45, 7) is 3.95. The molecule has 0 saturated carbocycles. The van der Waals surface area contributed by atoms with E-state index in [0.717, 1.165) is 50.5 Å². The first kappa shape index (κ1) is 20.5. The van der Waals surface area contributed by atoms with Crippen LogP contribution in [0.15, 0.2) is 29.3 Å². The van der Waals surface area contributed by atoms with Crippen molar-refractivity contribution in [2.75, 3.05) is 33.4 Å². The molecule has 1 atom stereocenters. The maximum Gasteiger partial charge on any atom is 0.269 e. The quantitative estimate of drug-likeness (QED) is 0.348. The van der Waals surface area contributed by atoms with Gasteiger partial charge in [0, 0.05) is 45.4 Å². The number of nitrogens with one attached hydrogen (secondary N) is 1. The van der Waals surface area contributed by atoms with Gasteiger partial charge in [-0.25, -0.2) is 0 Å². The van der Waals surface area contributed by atoms with Crippen LogP contribution in [0.1, 0.15) is 37.7 Å². The summed E-state index contributed by atoms with van der Waals surface area (Å²) in [6, 6.07) is 6.59. The van der Waals surface area contributed by atoms with Crippen LogP contribution >= 0.6 is 0 Å². The SMILES string of the molecule is CN=C(NCc1ccc([N+](=O)[O-])cc1)N1CCC(OCC2CCCCO2)CC1. The highest BCUT2D eigenvalue weighted by Gasteiger charge is 2.23. The first-order valence-electron chi connectivity index (χ1n) is 10.1. The number of piperidine rings is 1. The van der Waals surface area contributed by atoms with Crippen molar-refractivity contribution in [2.45, 2.75) is 50.9 Å². The van der Waals surface area contributed by atoms with Crippen molar-refractivity contribution in [1.29, 1.82) is 0 Å². The van der Waals surface area contributed by atoms with E-state index in [1.54, 1.807) is 19.2 Å². The standard InChI is InChI=1S/C20H30N4O4/c1-21-20(22-14-16-5-7-17(8-6-16)24(25)26)23-11-9-18(10-12-23)28-15-19-4-2-3-13-27-19/h5-8,18-19H,2-4,9-15H2,1H3,(H,21,22). The van der Waals surface area contributed by atoms with E-state index in [1.165, 1.54) is 25.0 Å². The molecule has 154 valence electrons. The van der Waals surface area contributed by atoms with Crippen LogP contribution < -0.4 is 5.32 Å². The molecule has 2 aliphatic rings. The van der Waals surface area contributed by atoms with Gasteiger partial charge in [-0.15, -0.1) is 0 Å². The van der Waals surface area contributed by atoms with Gasteiger partial charge in [-0.2, -0.15) is 0 Å². The molecule has 1 unspecified atom stereocenters. The fraction of sp³-hybridized carbons (Fsp3) is 0.650. The molecule has 0 aliphatic carbocycles. The molecule has 2 fully saturated rings. The first-order chi connectivity index (χ1) is 13.7. The van der Waals surface area contributed by atoms with Gasteiger partial charge in [-0.3, -0.25) is 15.1 Å². The average molecular weight is 390 g/mol. The highest BCUT2D eigenvalue weighted by Crippen LogP contribution is 2.18. The van der Waals surface area contributed by atoms with Gasteiger partial charge in [0.25, 0.3) is 5.69 Å². The molecule has 0 aromatic heterocycles. The van der Waals surface area contributed by atoms with E-state index in [4.69, 9.17) is 9.47 Å². The third kappa shape index (κ3) is 5.90. The van der Waals surface area contributed by atoms with Gasteiger partial charge in [-0.05, 0) is 37.7 Å². The molecule has 0 spiro atoms. The number of ether oxygens (including phenoxy) is 2. The second-order valence-electron chi connectivity index (χ2n) is 7.33. The summed E-state index contributed by atoms with van der Waals surface area (Å²) in [5.74, 6) is 0.854. The second-order valence-corrected chi connectivity index (χ2v) is 7.33. The number of hydrogen-bond acceptors (Lipinski definition) is 5. The van der Waals surface area contributed by atoms with Crippen molar-refractivity contribution in [2.24, 2.45) is 4.99 Å². The molecule has 2 aliphatic heterocycles. The summed E-state index contributed by atoms with van der Waals surface area (Å²) in [5, 5.41) is 14.1. The lowest BCUT2D eigenvalue weighted by atomic mass is 10.1. The number of likely N-dealkylation sites (tertiary alicyclic amines) is 1. The zero-order chi connectivity index (χ0) is 19.8. The van der Waals surface area contributed by atoms with Crippen LogP contribution in [0.25, 0.3) is 0 Å². The topological polar surface area (TPSA) is 89.2 Å². The number of rotatable bonds is 6. The summed E-state index contributed by atoms with van der Waals surface area (Å²) < 4.78 is 11.8. The molecule has 3 rings (SSSR count). The number of nitro groups is 1. The Morgan fingerprint density at radius 1 is 1.29 bits per heavy atom. The van der Waals surface area contributed by atoms with Crippen LogP contribution in [0.5, 0.6) is 0 Å². The van der Waals surface area contributed by atoms with Crippen LogP contribution in [-0.2, 0) is 16.0 Å². The summed E-state index contributed by atoms with van der Waals surface area (Å²) in [7, 11) is 1.78. The Bertz CT molecular complexity index is 651. The third-order valence-corrected chi connectivity index (χ3v) is 5.34. The van der Waals surface area contributed by atoms with E-state index in [1.807, 2.05) is 0 Å².